The first-order valence-corrected chi connectivity index (χ1v) is 9.59. The van der Waals surface area contributed by atoms with E-state index in [1.807, 2.05) is 31.2 Å². The molecule has 0 spiro atoms. The van der Waals surface area contributed by atoms with Crippen molar-refractivity contribution in [1.29, 1.82) is 0 Å². The third-order valence-electron chi connectivity index (χ3n) is 3.68. The van der Waals surface area contributed by atoms with E-state index in [9.17, 15) is 9.59 Å². The van der Waals surface area contributed by atoms with Crippen LogP contribution in [-0.2, 0) is 15.3 Å². The van der Waals surface area contributed by atoms with E-state index in [1.165, 1.54) is 0 Å². The van der Waals surface area contributed by atoms with Crippen molar-refractivity contribution in [2.24, 2.45) is 0 Å². The molecule has 0 atom stereocenters. The van der Waals surface area contributed by atoms with Gasteiger partial charge in [0.25, 0.3) is 5.91 Å². The highest BCUT2D eigenvalue weighted by Crippen LogP contribution is 2.23. The minimum Gasteiger partial charge on any atom is -0.496 e. The Morgan fingerprint density at radius 2 is 2.00 bits per heavy atom. The smallest absolute Gasteiger partial charge is 0.304 e. The molecular weight excluding hydrogens is 366 g/mol. The molecule has 0 bridgehead atoms. The van der Waals surface area contributed by atoms with Gasteiger partial charge in [0.2, 0.25) is 0 Å². The minimum absolute atomic E-state index is 0.0939. The number of ether oxygens (including phenoxy) is 2. The average molecular weight is 389 g/mol. The summed E-state index contributed by atoms with van der Waals surface area (Å²) < 4.78 is 10.7. The van der Waals surface area contributed by atoms with Crippen LogP contribution in [0.4, 0.5) is 5.69 Å². The zero-order valence-corrected chi connectivity index (χ0v) is 16.2. The lowest BCUT2D eigenvalue weighted by Gasteiger charge is -2.10. The van der Waals surface area contributed by atoms with Crippen LogP contribution in [-0.4, -0.2) is 36.5 Å². The number of hydrogen-bond acceptors (Lipinski definition) is 5. The van der Waals surface area contributed by atoms with Crippen molar-refractivity contribution in [1.82, 2.24) is 0 Å². The van der Waals surface area contributed by atoms with Crippen LogP contribution < -0.4 is 14.8 Å². The molecule has 1 amide bonds. The van der Waals surface area contributed by atoms with Crippen molar-refractivity contribution in [2.45, 2.75) is 19.1 Å². The summed E-state index contributed by atoms with van der Waals surface area (Å²) in [4.78, 5) is 22.6. The maximum Gasteiger partial charge on any atom is 0.304 e. The minimum atomic E-state index is -0.796. The lowest BCUT2D eigenvalue weighted by molar-refractivity contribution is -0.136. The van der Waals surface area contributed by atoms with Crippen LogP contribution in [0.2, 0.25) is 0 Å². The number of amides is 1. The molecule has 144 valence electrons. The van der Waals surface area contributed by atoms with E-state index >= 15 is 0 Å². The molecule has 2 aromatic rings. The van der Waals surface area contributed by atoms with Gasteiger partial charge in [-0.2, -0.15) is 11.8 Å². The summed E-state index contributed by atoms with van der Waals surface area (Å²) in [7, 11) is 1.61. The largest absolute Gasteiger partial charge is 0.496 e. The Morgan fingerprint density at radius 1 is 1.19 bits per heavy atom. The number of aryl methyl sites for hydroxylation is 1. The van der Waals surface area contributed by atoms with Gasteiger partial charge < -0.3 is 19.9 Å². The molecule has 0 aliphatic heterocycles. The van der Waals surface area contributed by atoms with Crippen molar-refractivity contribution in [3.63, 3.8) is 0 Å². The molecule has 0 aliphatic carbocycles. The van der Waals surface area contributed by atoms with Crippen LogP contribution in [0, 0.1) is 6.92 Å². The highest BCUT2D eigenvalue weighted by molar-refractivity contribution is 7.98. The Labute approximate surface area is 162 Å². The van der Waals surface area contributed by atoms with Crippen LogP contribution in [0.5, 0.6) is 11.5 Å². The molecule has 0 heterocycles. The van der Waals surface area contributed by atoms with Gasteiger partial charge in [-0.15, -0.1) is 0 Å². The fourth-order valence-electron chi connectivity index (χ4n) is 2.38. The quantitative estimate of drug-likeness (QED) is 0.603. The van der Waals surface area contributed by atoms with Crippen molar-refractivity contribution in [2.75, 3.05) is 24.8 Å². The number of methoxy groups -OCH3 is 1. The van der Waals surface area contributed by atoms with Crippen LogP contribution in [0.1, 0.15) is 17.5 Å². The predicted octanol–water partition coefficient (Wildman–Crippen LogP) is 3.73. The monoisotopic (exact) mass is 389 g/mol. The van der Waals surface area contributed by atoms with E-state index in [0.717, 1.165) is 16.9 Å². The fraction of sp³-hybridized carbons (Fsp3) is 0.300. The average Bonchev–Trinajstić information content (AvgIpc) is 2.64. The van der Waals surface area contributed by atoms with E-state index in [-0.39, 0.29) is 18.9 Å². The van der Waals surface area contributed by atoms with Gasteiger partial charge in [-0.1, -0.05) is 12.1 Å². The Morgan fingerprint density at radius 3 is 2.70 bits per heavy atom. The van der Waals surface area contributed by atoms with Crippen molar-refractivity contribution < 1.29 is 24.2 Å². The number of carboxylic acids is 1. The van der Waals surface area contributed by atoms with Gasteiger partial charge in [0.15, 0.2) is 6.61 Å². The Hall–Kier alpha value is -2.67. The third kappa shape index (κ3) is 7.22. The first-order chi connectivity index (χ1) is 13.0. The summed E-state index contributed by atoms with van der Waals surface area (Å²) in [5, 5.41) is 11.5. The van der Waals surface area contributed by atoms with E-state index in [1.54, 1.807) is 37.1 Å². The maximum absolute atomic E-state index is 12.1. The second kappa shape index (κ2) is 10.5. The summed E-state index contributed by atoms with van der Waals surface area (Å²) in [5.41, 5.74) is 2.64. The molecule has 7 heteroatoms. The molecule has 0 aliphatic rings. The summed E-state index contributed by atoms with van der Waals surface area (Å²) in [6, 6.07) is 12.9. The predicted molar refractivity (Wildman–Crippen MR) is 107 cm³/mol. The number of carbonyl (C=O) groups excluding carboxylic acids is 1. The second-order valence-corrected chi connectivity index (χ2v) is 6.97. The summed E-state index contributed by atoms with van der Waals surface area (Å²) in [5.74, 6) is 1.58. The molecule has 2 rings (SSSR count). The summed E-state index contributed by atoms with van der Waals surface area (Å²) in [6.45, 7) is 1.81. The topological polar surface area (TPSA) is 84.9 Å². The molecule has 0 saturated carbocycles. The van der Waals surface area contributed by atoms with Gasteiger partial charge in [0.05, 0.1) is 13.5 Å². The van der Waals surface area contributed by atoms with Gasteiger partial charge in [-0.05, 0) is 48.4 Å². The van der Waals surface area contributed by atoms with E-state index < -0.39 is 5.97 Å². The number of nitrogens with one attached hydrogen (secondary N) is 1. The first kappa shape index (κ1) is 20.6. The molecule has 0 unspecified atom stereocenters. The number of benzene rings is 2. The Balaban J connectivity index is 1.82. The lowest BCUT2D eigenvalue weighted by atomic mass is 10.2. The molecule has 2 N–H and O–H groups in total. The number of hydrogen-bond donors (Lipinski definition) is 2. The van der Waals surface area contributed by atoms with E-state index in [4.69, 9.17) is 14.6 Å². The summed E-state index contributed by atoms with van der Waals surface area (Å²) >= 11 is 1.55. The Kier molecular flexibility index (Phi) is 8.00. The molecule has 27 heavy (non-hydrogen) atoms. The number of carboxylic acid groups (broad SMARTS) is 1. The van der Waals surface area contributed by atoms with Gasteiger partial charge >= 0.3 is 5.97 Å². The van der Waals surface area contributed by atoms with E-state index in [2.05, 4.69) is 5.32 Å². The number of carbonyl (C=O) groups is 2. The molecule has 0 fully saturated rings. The molecule has 2 aromatic carbocycles. The number of thioether (sulfide) groups is 1. The number of anilines is 1. The van der Waals surface area contributed by atoms with Crippen LogP contribution in [0.15, 0.2) is 42.5 Å². The van der Waals surface area contributed by atoms with Gasteiger partial charge in [0, 0.05) is 17.2 Å². The first-order valence-electron chi connectivity index (χ1n) is 8.43. The van der Waals surface area contributed by atoms with Crippen molar-refractivity contribution >= 4 is 29.3 Å². The van der Waals surface area contributed by atoms with E-state index in [0.29, 0.717) is 22.9 Å². The highest BCUT2D eigenvalue weighted by Gasteiger charge is 2.06. The zero-order valence-electron chi connectivity index (χ0n) is 15.4. The zero-order chi connectivity index (χ0) is 19.6. The number of aliphatic carboxylic acids is 1. The molecular formula is C20H23NO5S. The second-order valence-electron chi connectivity index (χ2n) is 5.86. The van der Waals surface area contributed by atoms with Gasteiger partial charge in [-0.3, -0.25) is 9.59 Å². The lowest BCUT2D eigenvalue weighted by Crippen LogP contribution is -2.20. The maximum atomic E-state index is 12.1. The SMILES string of the molecule is COc1ccc(OCC(=O)Nc2cccc(CSCCC(=O)O)c2)cc1C. The van der Waals surface area contributed by atoms with Crippen LogP contribution in [0.3, 0.4) is 0 Å². The van der Waals surface area contributed by atoms with Gasteiger partial charge in [-0.25, -0.2) is 0 Å². The van der Waals surface area contributed by atoms with Crippen molar-refractivity contribution in [3.05, 3.63) is 53.6 Å². The third-order valence-corrected chi connectivity index (χ3v) is 4.71. The van der Waals surface area contributed by atoms with Gasteiger partial charge in [0.1, 0.15) is 11.5 Å². The number of rotatable bonds is 10. The molecule has 6 nitrogen and oxygen atoms in total. The summed E-state index contributed by atoms with van der Waals surface area (Å²) in [6.07, 6.45) is 0.142. The molecule has 0 saturated heterocycles. The van der Waals surface area contributed by atoms with Crippen LogP contribution >= 0.6 is 11.8 Å². The normalized spacial score (nSPS) is 10.3. The molecule has 0 aromatic heterocycles. The van der Waals surface area contributed by atoms with Crippen molar-refractivity contribution in [3.8, 4) is 11.5 Å². The van der Waals surface area contributed by atoms with Crippen LogP contribution in [0.25, 0.3) is 0 Å². The fourth-order valence-corrected chi connectivity index (χ4v) is 3.25. The highest BCUT2D eigenvalue weighted by atomic mass is 32.2. The standard InChI is InChI=1S/C20H23NO5S/c1-14-10-17(6-7-18(14)25-2)26-12-19(22)21-16-5-3-4-15(11-16)13-27-9-8-20(23)24/h3-7,10-11H,8-9,12-13H2,1-2H3,(H,21,22)(H,23,24). The Bertz CT molecular complexity index is 794. The molecule has 0 radical (unpaired) electrons.